The van der Waals surface area contributed by atoms with Crippen LogP contribution in [0.3, 0.4) is 0 Å². The standard InChI is InChI=1S/C10H12N2O3/c1-5(13)11-7-2-3-8-6(7)4-9(12-8)10(14)15/h4,7,12H,2-3H2,1H3,(H,11,13)(H,14,15)/t7-/m0/s1. The highest BCUT2D eigenvalue weighted by Gasteiger charge is 2.26. The minimum atomic E-state index is -0.967. The van der Waals surface area contributed by atoms with E-state index in [0.717, 1.165) is 24.1 Å². The predicted molar refractivity (Wildman–Crippen MR) is 52.6 cm³/mol. The van der Waals surface area contributed by atoms with Crippen molar-refractivity contribution >= 4 is 11.9 Å². The van der Waals surface area contributed by atoms with Crippen LogP contribution < -0.4 is 5.32 Å². The summed E-state index contributed by atoms with van der Waals surface area (Å²) in [6.07, 6.45) is 1.62. The molecule has 1 atom stereocenters. The van der Waals surface area contributed by atoms with E-state index in [9.17, 15) is 9.59 Å². The molecule has 0 aliphatic heterocycles. The summed E-state index contributed by atoms with van der Waals surface area (Å²) >= 11 is 0. The van der Waals surface area contributed by atoms with Crippen molar-refractivity contribution in [2.24, 2.45) is 0 Å². The number of fused-ring (bicyclic) bond motifs is 1. The van der Waals surface area contributed by atoms with E-state index < -0.39 is 5.97 Å². The van der Waals surface area contributed by atoms with Crippen LogP contribution in [0.15, 0.2) is 6.07 Å². The third-order valence-electron chi connectivity index (χ3n) is 2.60. The van der Waals surface area contributed by atoms with Crippen molar-refractivity contribution in [1.29, 1.82) is 0 Å². The molecule has 0 aromatic carbocycles. The van der Waals surface area contributed by atoms with E-state index in [4.69, 9.17) is 5.11 Å². The van der Waals surface area contributed by atoms with E-state index in [-0.39, 0.29) is 17.6 Å². The maximum atomic E-state index is 10.9. The Hall–Kier alpha value is -1.78. The Morgan fingerprint density at radius 2 is 2.33 bits per heavy atom. The Balaban J connectivity index is 2.25. The maximum absolute atomic E-state index is 10.9. The molecule has 0 saturated heterocycles. The number of hydrogen-bond donors (Lipinski definition) is 3. The summed E-state index contributed by atoms with van der Waals surface area (Å²) in [6.45, 7) is 1.46. The minimum absolute atomic E-state index is 0.0400. The van der Waals surface area contributed by atoms with E-state index in [1.54, 1.807) is 6.07 Å². The van der Waals surface area contributed by atoms with E-state index in [1.165, 1.54) is 6.92 Å². The van der Waals surface area contributed by atoms with Gasteiger partial charge in [0.05, 0.1) is 6.04 Å². The quantitative estimate of drug-likeness (QED) is 0.673. The van der Waals surface area contributed by atoms with E-state index in [0.29, 0.717) is 0 Å². The number of nitrogens with one attached hydrogen (secondary N) is 2. The Bertz CT molecular complexity index is 422. The van der Waals surface area contributed by atoms with Gasteiger partial charge in [0.2, 0.25) is 5.91 Å². The van der Waals surface area contributed by atoms with Gasteiger partial charge in [-0.15, -0.1) is 0 Å². The van der Waals surface area contributed by atoms with Crippen molar-refractivity contribution in [3.05, 3.63) is 23.0 Å². The van der Waals surface area contributed by atoms with Crippen molar-refractivity contribution in [2.45, 2.75) is 25.8 Å². The largest absolute Gasteiger partial charge is 0.477 e. The topological polar surface area (TPSA) is 82.2 Å². The van der Waals surface area contributed by atoms with Crippen LogP contribution in [-0.4, -0.2) is 22.0 Å². The number of carboxylic acids is 1. The number of aromatic amines is 1. The van der Waals surface area contributed by atoms with Gasteiger partial charge >= 0.3 is 5.97 Å². The summed E-state index contributed by atoms with van der Waals surface area (Å²) in [5.41, 5.74) is 2.02. The number of aromatic nitrogens is 1. The van der Waals surface area contributed by atoms with Crippen LogP contribution in [0.25, 0.3) is 0 Å². The predicted octanol–water partition coefficient (Wildman–Crippen LogP) is 0.836. The Labute approximate surface area is 86.5 Å². The third-order valence-corrected chi connectivity index (χ3v) is 2.60. The molecule has 1 aliphatic rings. The number of aryl methyl sites for hydroxylation is 1. The molecule has 2 rings (SSSR count). The number of hydrogen-bond acceptors (Lipinski definition) is 2. The molecule has 0 bridgehead atoms. The lowest BCUT2D eigenvalue weighted by atomic mass is 10.1. The van der Waals surface area contributed by atoms with Crippen LogP contribution in [0.4, 0.5) is 0 Å². The molecule has 1 heterocycles. The Morgan fingerprint density at radius 3 is 2.93 bits per heavy atom. The van der Waals surface area contributed by atoms with Gasteiger partial charge in [0.25, 0.3) is 0 Å². The molecule has 0 radical (unpaired) electrons. The lowest BCUT2D eigenvalue weighted by Crippen LogP contribution is -2.23. The number of carbonyl (C=O) groups is 2. The monoisotopic (exact) mass is 208 g/mol. The molecule has 0 unspecified atom stereocenters. The number of aromatic carboxylic acids is 1. The van der Waals surface area contributed by atoms with Gasteiger partial charge in [-0.2, -0.15) is 0 Å². The summed E-state index contributed by atoms with van der Waals surface area (Å²) < 4.78 is 0. The van der Waals surface area contributed by atoms with Crippen molar-refractivity contribution in [2.75, 3.05) is 0 Å². The van der Waals surface area contributed by atoms with Gasteiger partial charge in [-0.3, -0.25) is 4.79 Å². The van der Waals surface area contributed by atoms with Crippen molar-refractivity contribution < 1.29 is 14.7 Å². The molecule has 1 aromatic heterocycles. The fourth-order valence-electron chi connectivity index (χ4n) is 1.99. The van der Waals surface area contributed by atoms with Crippen molar-refractivity contribution in [3.8, 4) is 0 Å². The number of amides is 1. The number of carboxylic acid groups (broad SMARTS) is 1. The fourth-order valence-corrected chi connectivity index (χ4v) is 1.99. The Morgan fingerprint density at radius 1 is 1.60 bits per heavy atom. The maximum Gasteiger partial charge on any atom is 0.352 e. The van der Waals surface area contributed by atoms with Crippen LogP contribution >= 0.6 is 0 Å². The normalized spacial score (nSPS) is 18.6. The summed E-state index contributed by atoms with van der Waals surface area (Å²) in [7, 11) is 0. The zero-order chi connectivity index (χ0) is 11.0. The second-order valence-electron chi connectivity index (χ2n) is 3.71. The molecule has 0 fully saturated rings. The summed E-state index contributed by atoms with van der Waals surface area (Å²) in [5, 5.41) is 11.6. The first kappa shape index (κ1) is 9.76. The minimum Gasteiger partial charge on any atom is -0.477 e. The average Bonchev–Trinajstić information content (AvgIpc) is 2.66. The molecule has 1 amide bonds. The third kappa shape index (κ3) is 1.72. The van der Waals surface area contributed by atoms with Gasteiger partial charge in [0.1, 0.15) is 5.69 Å². The van der Waals surface area contributed by atoms with Gasteiger partial charge < -0.3 is 15.4 Å². The lowest BCUT2D eigenvalue weighted by molar-refractivity contribution is -0.119. The SMILES string of the molecule is CC(=O)N[C@H]1CCc2[nH]c(C(=O)O)cc21. The van der Waals surface area contributed by atoms with Crippen molar-refractivity contribution in [1.82, 2.24) is 10.3 Å². The van der Waals surface area contributed by atoms with Crippen molar-refractivity contribution in [3.63, 3.8) is 0 Å². The molecule has 5 nitrogen and oxygen atoms in total. The zero-order valence-corrected chi connectivity index (χ0v) is 8.33. The highest BCUT2D eigenvalue weighted by molar-refractivity contribution is 5.86. The molecule has 15 heavy (non-hydrogen) atoms. The highest BCUT2D eigenvalue weighted by Crippen LogP contribution is 2.31. The number of rotatable bonds is 2. The molecular weight excluding hydrogens is 196 g/mol. The lowest BCUT2D eigenvalue weighted by Gasteiger charge is -2.10. The number of H-pyrrole nitrogens is 1. The highest BCUT2D eigenvalue weighted by atomic mass is 16.4. The Kier molecular flexibility index (Phi) is 2.22. The van der Waals surface area contributed by atoms with E-state index >= 15 is 0 Å². The van der Waals surface area contributed by atoms with Crippen LogP contribution in [-0.2, 0) is 11.2 Å². The molecule has 5 heteroatoms. The van der Waals surface area contributed by atoms with Gasteiger partial charge in [-0.1, -0.05) is 0 Å². The zero-order valence-electron chi connectivity index (χ0n) is 8.33. The molecule has 0 saturated carbocycles. The van der Waals surface area contributed by atoms with Gasteiger partial charge in [0.15, 0.2) is 0 Å². The summed E-state index contributed by atoms with van der Waals surface area (Å²) in [6, 6.07) is 1.56. The average molecular weight is 208 g/mol. The van der Waals surface area contributed by atoms with Crippen LogP contribution in [0.1, 0.15) is 41.1 Å². The fraction of sp³-hybridized carbons (Fsp3) is 0.400. The summed E-state index contributed by atoms with van der Waals surface area (Å²) in [4.78, 5) is 24.5. The van der Waals surface area contributed by atoms with Crippen LogP contribution in [0.2, 0.25) is 0 Å². The molecular formula is C10H12N2O3. The van der Waals surface area contributed by atoms with Gasteiger partial charge in [-0.05, 0) is 24.5 Å². The molecule has 3 N–H and O–H groups in total. The smallest absolute Gasteiger partial charge is 0.352 e. The van der Waals surface area contributed by atoms with Gasteiger partial charge in [0, 0.05) is 12.6 Å². The first-order valence-corrected chi connectivity index (χ1v) is 4.80. The van der Waals surface area contributed by atoms with Crippen LogP contribution in [0.5, 0.6) is 0 Å². The molecule has 0 spiro atoms. The number of carbonyl (C=O) groups excluding carboxylic acids is 1. The van der Waals surface area contributed by atoms with Gasteiger partial charge in [-0.25, -0.2) is 4.79 Å². The first-order valence-electron chi connectivity index (χ1n) is 4.80. The second-order valence-corrected chi connectivity index (χ2v) is 3.71. The second kappa shape index (κ2) is 3.42. The molecule has 1 aromatic rings. The van der Waals surface area contributed by atoms with Crippen LogP contribution in [0, 0.1) is 0 Å². The summed E-state index contributed by atoms with van der Waals surface area (Å²) in [5.74, 6) is -1.06. The van der Waals surface area contributed by atoms with E-state index in [2.05, 4.69) is 10.3 Å². The first-order chi connectivity index (χ1) is 7.08. The molecule has 1 aliphatic carbocycles. The van der Waals surface area contributed by atoms with E-state index in [1.807, 2.05) is 0 Å². The molecule has 80 valence electrons.